The van der Waals surface area contributed by atoms with Crippen LogP contribution in [0.4, 0.5) is 4.79 Å². The highest BCUT2D eigenvalue weighted by molar-refractivity contribution is 8.14. The van der Waals surface area contributed by atoms with E-state index in [-0.39, 0.29) is 11.2 Å². The summed E-state index contributed by atoms with van der Waals surface area (Å²) in [6.07, 6.45) is 0.795. The fourth-order valence-corrected chi connectivity index (χ4v) is 1.88. The Morgan fingerprint density at radius 1 is 1.77 bits per heavy atom. The second kappa shape index (κ2) is 4.00. The van der Waals surface area contributed by atoms with Crippen molar-refractivity contribution in [3.8, 4) is 0 Å². The first kappa shape index (κ1) is 10.4. The molecule has 0 unspecified atom stereocenters. The average molecular weight is 203 g/mol. The molecule has 0 bridgehead atoms. The third-order valence-electron chi connectivity index (χ3n) is 1.76. The van der Waals surface area contributed by atoms with Crippen molar-refractivity contribution in [1.29, 1.82) is 0 Å². The summed E-state index contributed by atoms with van der Waals surface area (Å²) in [6.45, 7) is 4.02. The molecule has 1 aliphatic heterocycles. The summed E-state index contributed by atoms with van der Waals surface area (Å²) in [5.74, 6) is 0.113. The molecule has 1 heterocycles. The van der Waals surface area contributed by atoms with Gasteiger partial charge in [-0.05, 0) is 13.3 Å². The van der Waals surface area contributed by atoms with Crippen LogP contribution < -0.4 is 5.32 Å². The highest BCUT2D eigenvalue weighted by Gasteiger charge is 2.42. The lowest BCUT2D eigenvalue weighted by Crippen LogP contribution is -2.49. The predicted octanol–water partition coefficient (Wildman–Crippen LogP) is 1.15. The number of nitrogens with one attached hydrogen (secondary N) is 1. The van der Waals surface area contributed by atoms with Crippen LogP contribution in [0.3, 0.4) is 0 Å². The van der Waals surface area contributed by atoms with Crippen LogP contribution in [0.1, 0.15) is 20.3 Å². The fraction of sp³-hybridized carbons (Fsp3) is 0.750. The van der Waals surface area contributed by atoms with Gasteiger partial charge in [-0.15, -0.1) is 0 Å². The number of esters is 1. The molecule has 0 aromatic rings. The lowest BCUT2D eigenvalue weighted by atomic mass is 10.1. The van der Waals surface area contributed by atoms with Gasteiger partial charge in [0, 0.05) is 5.75 Å². The van der Waals surface area contributed by atoms with Gasteiger partial charge in [-0.1, -0.05) is 18.7 Å². The van der Waals surface area contributed by atoms with E-state index >= 15 is 0 Å². The van der Waals surface area contributed by atoms with E-state index in [0.29, 0.717) is 12.4 Å². The maximum Gasteiger partial charge on any atom is 0.332 e. The van der Waals surface area contributed by atoms with E-state index in [4.69, 9.17) is 4.74 Å². The highest BCUT2D eigenvalue weighted by Crippen LogP contribution is 2.23. The smallest absolute Gasteiger partial charge is 0.332 e. The van der Waals surface area contributed by atoms with Gasteiger partial charge in [0.1, 0.15) is 5.54 Å². The van der Waals surface area contributed by atoms with E-state index in [2.05, 4.69) is 5.32 Å². The molecule has 1 atom stereocenters. The second-order valence-corrected chi connectivity index (χ2v) is 4.12. The third kappa shape index (κ3) is 2.37. The molecule has 4 nitrogen and oxygen atoms in total. The Bertz CT molecular complexity index is 231. The van der Waals surface area contributed by atoms with Crippen LogP contribution in [0, 0.1) is 0 Å². The summed E-state index contributed by atoms with van der Waals surface area (Å²) in [6, 6.07) is 0. The summed E-state index contributed by atoms with van der Waals surface area (Å²) in [4.78, 5) is 22.3. The van der Waals surface area contributed by atoms with Gasteiger partial charge in [-0.3, -0.25) is 4.79 Å². The number of hydrogen-bond donors (Lipinski definition) is 1. The molecule has 0 spiro atoms. The van der Waals surface area contributed by atoms with Crippen molar-refractivity contribution in [3.05, 3.63) is 0 Å². The van der Waals surface area contributed by atoms with Gasteiger partial charge in [0.2, 0.25) is 0 Å². The molecule has 13 heavy (non-hydrogen) atoms. The maximum absolute atomic E-state index is 11.4. The quantitative estimate of drug-likeness (QED) is 0.699. The first-order valence-corrected chi connectivity index (χ1v) is 5.19. The van der Waals surface area contributed by atoms with E-state index < -0.39 is 5.54 Å². The average Bonchev–Trinajstić information content (AvgIpc) is 2.43. The zero-order valence-electron chi connectivity index (χ0n) is 7.75. The predicted molar refractivity (Wildman–Crippen MR) is 50.6 cm³/mol. The van der Waals surface area contributed by atoms with Gasteiger partial charge in [0.25, 0.3) is 5.24 Å². The van der Waals surface area contributed by atoms with E-state index in [0.717, 1.165) is 18.2 Å². The first-order chi connectivity index (χ1) is 6.08. The fourth-order valence-electron chi connectivity index (χ4n) is 0.971. The molecule has 1 aliphatic rings. The van der Waals surface area contributed by atoms with Gasteiger partial charge >= 0.3 is 5.97 Å². The summed E-state index contributed by atoms with van der Waals surface area (Å²) in [5, 5.41) is 2.43. The minimum Gasteiger partial charge on any atom is -0.464 e. The molecule has 1 saturated heterocycles. The number of thioether (sulfide) groups is 1. The summed E-state index contributed by atoms with van der Waals surface area (Å²) < 4.78 is 4.96. The molecule has 0 aromatic heterocycles. The standard InChI is InChI=1S/C8H13NO3S/c1-3-4-12-6(10)8(2)5-13-7(11)9-8/h3-5H2,1-2H3,(H,9,11)/t8-/m1/s1. The molecule has 0 saturated carbocycles. The lowest BCUT2D eigenvalue weighted by molar-refractivity contribution is -0.149. The molecule has 1 amide bonds. The molecule has 0 radical (unpaired) electrons. The van der Waals surface area contributed by atoms with Crippen LogP contribution in [0.15, 0.2) is 0 Å². The monoisotopic (exact) mass is 203 g/mol. The van der Waals surface area contributed by atoms with Crippen molar-refractivity contribution >= 4 is 23.0 Å². The number of carbonyl (C=O) groups excluding carboxylic acids is 2. The zero-order chi connectivity index (χ0) is 9.90. The Morgan fingerprint density at radius 3 is 2.92 bits per heavy atom. The Morgan fingerprint density at radius 2 is 2.46 bits per heavy atom. The topological polar surface area (TPSA) is 55.4 Å². The number of ether oxygens (including phenoxy) is 1. The highest BCUT2D eigenvalue weighted by atomic mass is 32.2. The van der Waals surface area contributed by atoms with Gasteiger partial charge in [-0.25, -0.2) is 4.79 Å². The summed E-state index contributed by atoms with van der Waals surface area (Å²) in [7, 11) is 0. The molecule has 0 aromatic carbocycles. The number of carbonyl (C=O) groups is 2. The van der Waals surface area contributed by atoms with E-state index in [1.807, 2.05) is 6.92 Å². The molecular weight excluding hydrogens is 190 g/mol. The molecule has 74 valence electrons. The van der Waals surface area contributed by atoms with Crippen LogP contribution in [-0.2, 0) is 9.53 Å². The van der Waals surface area contributed by atoms with E-state index in [9.17, 15) is 9.59 Å². The lowest BCUT2D eigenvalue weighted by Gasteiger charge is -2.20. The largest absolute Gasteiger partial charge is 0.464 e. The van der Waals surface area contributed by atoms with Crippen LogP contribution in [0.2, 0.25) is 0 Å². The Balaban J connectivity index is 2.50. The third-order valence-corrected chi connectivity index (χ3v) is 2.84. The molecular formula is C8H13NO3S. The molecule has 5 heteroatoms. The maximum atomic E-state index is 11.4. The van der Waals surface area contributed by atoms with Crippen molar-refractivity contribution in [2.24, 2.45) is 0 Å². The second-order valence-electron chi connectivity index (χ2n) is 3.17. The number of amides is 1. The Hall–Kier alpha value is -0.710. The van der Waals surface area contributed by atoms with Crippen molar-refractivity contribution in [2.45, 2.75) is 25.8 Å². The molecule has 0 aliphatic carbocycles. The first-order valence-electron chi connectivity index (χ1n) is 4.20. The molecule has 1 fully saturated rings. The van der Waals surface area contributed by atoms with Gasteiger partial charge in [0.15, 0.2) is 0 Å². The van der Waals surface area contributed by atoms with Gasteiger partial charge in [-0.2, -0.15) is 0 Å². The SMILES string of the molecule is CCCOC(=O)[C@@]1(C)CSC(=O)N1. The Labute approximate surface area is 81.4 Å². The van der Waals surface area contributed by atoms with Crippen LogP contribution >= 0.6 is 11.8 Å². The zero-order valence-corrected chi connectivity index (χ0v) is 8.57. The summed E-state index contributed by atoms with van der Waals surface area (Å²) >= 11 is 1.12. The molecule has 1 N–H and O–H groups in total. The number of hydrogen-bond acceptors (Lipinski definition) is 4. The van der Waals surface area contributed by atoms with Crippen molar-refractivity contribution < 1.29 is 14.3 Å². The van der Waals surface area contributed by atoms with Gasteiger partial charge in [0.05, 0.1) is 6.61 Å². The number of rotatable bonds is 3. The minimum absolute atomic E-state index is 0.157. The van der Waals surface area contributed by atoms with Crippen molar-refractivity contribution in [1.82, 2.24) is 5.32 Å². The summed E-state index contributed by atoms with van der Waals surface area (Å²) in [5.41, 5.74) is -0.822. The van der Waals surface area contributed by atoms with Crippen LogP contribution in [-0.4, -0.2) is 29.1 Å². The normalized spacial score (nSPS) is 27.1. The Kier molecular flexibility index (Phi) is 3.19. The van der Waals surface area contributed by atoms with Crippen LogP contribution in [0.5, 0.6) is 0 Å². The van der Waals surface area contributed by atoms with Gasteiger partial charge < -0.3 is 10.1 Å². The van der Waals surface area contributed by atoms with E-state index in [1.165, 1.54) is 0 Å². The van der Waals surface area contributed by atoms with Crippen LogP contribution in [0.25, 0.3) is 0 Å². The molecule has 1 rings (SSSR count). The van der Waals surface area contributed by atoms with Crippen molar-refractivity contribution in [2.75, 3.05) is 12.4 Å². The minimum atomic E-state index is -0.822. The van der Waals surface area contributed by atoms with E-state index in [1.54, 1.807) is 6.92 Å². The van der Waals surface area contributed by atoms with Crippen molar-refractivity contribution in [3.63, 3.8) is 0 Å².